The largest absolute Gasteiger partial charge is 0.380 e. The normalized spacial score (nSPS) is 21.6. The van der Waals surface area contributed by atoms with Crippen LogP contribution in [0.1, 0.15) is 24.8 Å². The quantitative estimate of drug-likeness (QED) is 0.146. The summed E-state index contributed by atoms with van der Waals surface area (Å²) in [5.41, 5.74) is 5.73. The van der Waals surface area contributed by atoms with Crippen molar-refractivity contribution in [2.45, 2.75) is 19.3 Å². The van der Waals surface area contributed by atoms with E-state index in [0.29, 0.717) is 12.8 Å². The molecule has 1 aliphatic carbocycles. The Bertz CT molecular complexity index is 868. The summed E-state index contributed by atoms with van der Waals surface area (Å²) in [7, 11) is 0. The van der Waals surface area contributed by atoms with Gasteiger partial charge < -0.3 is 10.6 Å². The van der Waals surface area contributed by atoms with E-state index in [9.17, 15) is 24.5 Å². The van der Waals surface area contributed by atoms with Gasteiger partial charge in [0.05, 0.1) is 23.2 Å². The number of allylic oxidation sites excluding steroid dienone is 2. The van der Waals surface area contributed by atoms with Crippen LogP contribution in [0.15, 0.2) is 41.6 Å². The van der Waals surface area contributed by atoms with Crippen molar-refractivity contribution in [3.8, 4) is 0 Å². The minimum atomic E-state index is -0.776. The van der Waals surface area contributed by atoms with Crippen LogP contribution in [0.2, 0.25) is 0 Å². The molecule has 1 heterocycles. The SMILES string of the molecule is N/C(=N/OC(=O)CCN1C(=O)[C@H]2CC=CC[C@H]2C1=O)c1cccc([N+](=O)[O-])c1. The highest BCUT2D eigenvalue weighted by molar-refractivity contribution is 6.05. The van der Waals surface area contributed by atoms with E-state index in [1.807, 2.05) is 12.2 Å². The Morgan fingerprint density at radius 2 is 1.89 bits per heavy atom. The Hall–Kier alpha value is -3.56. The lowest BCUT2D eigenvalue weighted by Gasteiger charge is -2.14. The zero-order chi connectivity index (χ0) is 20.3. The van der Waals surface area contributed by atoms with E-state index >= 15 is 0 Å². The Morgan fingerprint density at radius 1 is 1.25 bits per heavy atom. The predicted molar refractivity (Wildman–Crippen MR) is 96.6 cm³/mol. The molecule has 2 aliphatic rings. The molecular weight excluding hydrogens is 368 g/mol. The number of fused-ring (bicyclic) bond motifs is 1. The van der Waals surface area contributed by atoms with Gasteiger partial charge in [0.2, 0.25) is 11.8 Å². The van der Waals surface area contributed by atoms with Crippen LogP contribution in [-0.4, -0.2) is 40.0 Å². The van der Waals surface area contributed by atoms with Crippen LogP contribution in [0, 0.1) is 22.0 Å². The molecule has 3 rings (SSSR count). The van der Waals surface area contributed by atoms with Crippen LogP contribution in [0.25, 0.3) is 0 Å². The molecule has 1 aliphatic heterocycles. The van der Waals surface area contributed by atoms with Crippen molar-refractivity contribution in [2.75, 3.05) is 6.54 Å². The number of likely N-dealkylation sites (tertiary alicyclic amines) is 1. The van der Waals surface area contributed by atoms with Crippen molar-refractivity contribution in [3.05, 3.63) is 52.1 Å². The standard InChI is InChI=1S/C18H18N4O6/c19-16(11-4-3-5-12(10-11)22(26)27)20-28-15(23)8-9-21-17(24)13-6-1-2-7-14(13)18(21)25/h1-5,10,13-14H,6-9H2,(H2,19,20)/t13-,14+. The summed E-state index contributed by atoms with van der Waals surface area (Å²) in [5.74, 6) is -2.23. The molecule has 10 nitrogen and oxygen atoms in total. The van der Waals surface area contributed by atoms with Crippen LogP contribution in [0.4, 0.5) is 5.69 Å². The molecule has 0 spiro atoms. The van der Waals surface area contributed by atoms with Gasteiger partial charge in [-0.3, -0.25) is 24.6 Å². The maximum absolute atomic E-state index is 12.3. The maximum Gasteiger partial charge on any atom is 0.336 e. The number of carbonyl (C=O) groups is 3. The first kappa shape index (κ1) is 19.2. The van der Waals surface area contributed by atoms with Crippen molar-refractivity contribution in [3.63, 3.8) is 0 Å². The van der Waals surface area contributed by atoms with Crippen molar-refractivity contribution in [2.24, 2.45) is 22.7 Å². The van der Waals surface area contributed by atoms with E-state index in [4.69, 9.17) is 10.6 Å². The van der Waals surface area contributed by atoms with Gasteiger partial charge in [-0.2, -0.15) is 0 Å². The number of nitrogens with two attached hydrogens (primary N) is 1. The topological polar surface area (TPSA) is 145 Å². The molecule has 0 radical (unpaired) electrons. The van der Waals surface area contributed by atoms with Gasteiger partial charge in [-0.05, 0) is 12.8 Å². The molecule has 1 aromatic carbocycles. The fraction of sp³-hybridized carbons (Fsp3) is 0.333. The molecule has 2 N–H and O–H groups in total. The van der Waals surface area contributed by atoms with Crippen LogP contribution in [0.3, 0.4) is 0 Å². The third kappa shape index (κ3) is 3.90. The Kier molecular flexibility index (Phi) is 5.48. The van der Waals surface area contributed by atoms with Crippen molar-refractivity contribution < 1.29 is 24.1 Å². The number of non-ortho nitro benzene ring substituents is 1. The van der Waals surface area contributed by atoms with Gasteiger partial charge >= 0.3 is 5.97 Å². The molecule has 0 saturated carbocycles. The maximum atomic E-state index is 12.3. The smallest absolute Gasteiger partial charge is 0.336 e. The molecule has 10 heteroatoms. The van der Waals surface area contributed by atoms with Crippen LogP contribution >= 0.6 is 0 Å². The van der Waals surface area contributed by atoms with E-state index in [2.05, 4.69) is 5.16 Å². The summed E-state index contributed by atoms with van der Waals surface area (Å²) >= 11 is 0. The summed E-state index contributed by atoms with van der Waals surface area (Å²) in [6.45, 7) is -0.0876. The highest BCUT2D eigenvalue weighted by Crippen LogP contribution is 2.35. The predicted octanol–water partition coefficient (Wildman–Crippen LogP) is 1.10. The fourth-order valence-electron chi connectivity index (χ4n) is 3.27. The molecule has 0 unspecified atom stereocenters. The number of nitrogens with zero attached hydrogens (tertiary/aromatic N) is 3. The number of amidine groups is 1. The number of nitro groups is 1. The van der Waals surface area contributed by atoms with E-state index in [1.165, 1.54) is 24.3 Å². The van der Waals surface area contributed by atoms with Gasteiger partial charge in [0.1, 0.15) is 0 Å². The number of oxime groups is 1. The number of imide groups is 1. The zero-order valence-corrected chi connectivity index (χ0v) is 14.8. The third-order valence-electron chi connectivity index (χ3n) is 4.74. The minimum absolute atomic E-state index is 0.0876. The number of carbonyl (C=O) groups excluding carboxylic acids is 3. The molecule has 0 bridgehead atoms. The Morgan fingerprint density at radius 3 is 2.50 bits per heavy atom. The first-order valence-corrected chi connectivity index (χ1v) is 8.67. The van der Waals surface area contributed by atoms with Crippen molar-refractivity contribution in [1.82, 2.24) is 4.90 Å². The molecule has 0 aromatic heterocycles. The summed E-state index contributed by atoms with van der Waals surface area (Å²) in [6.07, 6.45) is 4.60. The first-order valence-electron chi connectivity index (χ1n) is 8.67. The highest BCUT2D eigenvalue weighted by atomic mass is 16.7. The van der Waals surface area contributed by atoms with E-state index in [1.54, 1.807) is 0 Å². The van der Waals surface area contributed by atoms with Gasteiger partial charge in [-0.25, -0.2) is 4.79 Å². The number of nitro benzene ring substituents is 1. The summed E-state index contributed by atoms with van der Waals surface area (Å²) in [6, 6.07) is 5.40. The number of rotatable bonds is 6. The van der Waals surface area contributed by atoms with Gasteiger partial charge in [0.25, 0.3) is 5.69 Å². The lowest BCUT2D eigenvalue weighted by molar-refractivity contribution is -0.384. The van der Waals surface area contributed by atoms with Crippen LogP contribution < -0.4 is 5.73 Å². The minimum Gasteiger partial charge on any atom is -0.380 e. The average molecular weight is 386 g/mol. The molecule has 28 heavy (non-hydrogen) atoms. The average Bonchev–Trinajstić information content (AvgIpc) is 2.95. The van der Waals surface area contributed by atoms with E-state index in [-0.39, 0.29) is 53.7 Å². The second-order valence-corrected chi connectivity index (χ2v) is 6.48. The van der Waals surface area contributed by atoms with Crippen LogP contribution in [0.5, 0.6) is 0 Å². The zero-order valence-electron chi connectivity index (χ0n) is 14.8. The van der Waals surface area contributed by atoms with Gasteiger partial charge in [-0.1, -0.05) is 29.4 Å². The lowest BCUT2D eigenvalue weighted by atomic mass is 9.85. The number of hydrogen-bond acceptors (Lipinski definition) is 7. The van der Waals surface area contributed by atoms with Gasteiger partial charge in [0.15, 0.2) is 5.84 Å². The lowest BCUT2D eigenvalue weighted by Crippen LogP contribution is -2.33. The van der Waals surface area contributed by atoms with Gasteiger partial charge in [0, 0.05) is 24.2 Å². The number of hydrogen-bond donors (Lipinski definition) is 1. The second-order valence-electron chi connectivity index (χ2n) is 6.48. The molecule has 2 atom stereocenters. The summed E-state index contributed by atoms with van der Waals surface area (Å²) in [4.78, 5) is 52.5. The Balaban J connectivity index is 1.55. The van der Waals surface area contributed by atoms with Crippen molar-refractivity contribution >= 4 is 29.3 Å². The number of benzene rings is 1. The van der Waals surface area contributed by atoms with Gasteiger partial charge in [-0.15, -0.1) is 0 Å². The molecular formula is C18H18N4O6. The molecule has 1 saturated heterocycles. The van der Waals surface area contributed by atoms with Crippen molar-refractivity contribution in [1.29, 1.82) is 0 Å². The molecule has 1 fully saturated rings. The van der Waals surface area contributed by atoms with Crippen LogP contribution in [-0.2, 0) is 19.2 Å². The molecule has 2 amide bonds. The monoisotopic (exact) mass is 386 g/mol. The number of amides is 2. The summed E-state index contributed by atoms with van der Waals surface area (Å²) < 4.78 is 0. The van der Waals surface area contributed by atoms with E-state index < -0.39 is 10.9 Å². The van der Waals surface area contributed by atoms with E-state index in [0.717, 1.165) is 4.90 Å². The molecule has 1 aromatic rings. The fourth-order valence-corrected chi connectivity index (χ4v) is 3.27. The third-order valence-corrected chi connectivity index (χ3v) is 4.74. The second kappa shape index (κ2) is 7.99. The Labute approximate surface area is 159 Å². The summed E-state index contributed by atoms with van der Waals surface area (Å²) in [5, 5.41) is 14.2. The molecule has 146 valence electrons. The highest BCUT2D eigenvalue weighted by Gasteiger charge is 2.46. The first-order chi connectivity index (χ1) is 13.4.